The number of nitrogens with one attached hydrogen (secondary N) is 1. The van der Waals surface area contributed by atoms with Crippen LogP contribution in [-0.4, -0.2) is 69.0 Å². The smallest absolute Gasteiger partial charge is 0.464 e. The fraction of sp³-hybridized carbons (Fsp3) is 0.722. The molecule has 8 heteroatoms. The van der Waals surface area contributed by atoms with Crippen LogP contribution in [0.3, 0.4) is 0 Å². The van der Waals surface area contributed by atoms with Gasteiger partial charge in [-0.3, -0.25) is 4.79 Å². The number of rotatable bonds is 5. The van der Waals surface area contributed by atoms with Crippen LogP contribution in [0.2, 0.25) is 0 Å². The zero-order valence-corrected chi connectivity index (χ0v) is 15.8. The first-order valence-electron chi connectivity index (χ1n) is 8.87. The molecule has 1 heterocycles. The van der Waals surface area contributed by atoms with Gasteiger partial charge in [0.25, 0.3) is 5.91 Å². The lowest BCUT2D eigenvalue weighted by Crippen LogP contribution is -2.69. The topological polar surface area (TPSA) is 113 Å². The van der Waals surface area contributed by atoms with Gasteiger partial charge in [0.1, 0.15) is 23.7 Å². The second-order valence-corrected chi connectivity index (χ2v) is 8.14. The minimum Gasteiger partial charge on any atom is -0.464 e. The monoisotopic (exact) mass is 369 g/mol. The normalized spacial score (nSPS) is 36.3. The molecule has 1 unspecified atom stereocenters. The first kappa shape index (κ1) is 20.4. The number of carbonyl (C=O) groups is 3. The van der Waals surface area contributed by atoms with E-state index in [1.165, 1.54) is 0 Å². The molecular weight excluding hydrogens is 340 g/mol. The number of esters is 1. The lowest BCUT2D eigenvalue weighted by atomic mass is 9.99. The molecule has 2 fully saturated rings. The Morgan fingerprint density at radius 1 is 1.38 bits per heavy atom. The van der Waals surface area contributed by atoms with E-state index in [1.807, 2.05) is 0 Å². The van der Waals surface area contributed by atoms with E-state index in [9.17, 15) is 24.6 Å². The Labute approximate surface area is 153 Å². The van der Waals surface area contributed by atoms with Gasteiger partial charge in [0.15, 0.2) is 6.04 Å². The van der Waals surface area contributed by atoms with Crippen LogP contribution in [0.25, 0.3) is 0 Å². The number of aliphatic hydroxyl groups excluding tert-OH is 1. The highest BCUT2D eigenvalue weighted by Crippen LogP contribution is 2.46. The summed E-state index contributed by atoms with van der Waals surface area (Å²) in [4.78, 5) is 37.5. The maximum Gasteiger partial charge on any atom is 0.514 e. The molecule has 0 aromatic heterocycles. The van der Waals surface area contributed by atoms with Gasteiger partial charge in [0, 0.05) is 12.3 Å². The zero-order valence-electron chi connectivity index (χ0n) is 15.8. The van der Waals surface area contributed by atoms with E-state index < -0.39 is 45.7 Å². The highest BCUT2D eigenvalue weighted by molar-refractivity contribution is 5.93. The van der Waals surface area contributed by atoms with E-state index in [1.54, 1.807) is 33.8 Å². The fourth-order valence-corrected chi connectivity index (χ4v) is 4.08. The van der Waals surface area contributed by atoms with Crippen molar-refractivity contribution < 1.29 is 33.8 Å². The molecule has 1 aliphatic heterocycles. The molecule has 0 bridgehead atoms. The average Bonchev–Trinajstić information content (AvgIpc) is 3.10. The molecule has 2 aliphatic rings. The van der Waals surface area contributed by atoms with Crippen molar-refractivity contribution in [3.63, 3.8) is 0 Å². The van der Waals surface area contributed by atoms with Gasteiger partial charge in [-0.2, -0.15) is 4.79 Å². The molecule has 26 heavy (non-hydrogen) atoms. The lowest BCUT2D eigenvalue weighted by Gasteiger charge is -2.44. The van der Waals surface area contributed by atoms with Gasteiger partial charge >= 0.3 is 12.1 Å². The number of likely N-dealkylation sites (tertiary alicyclic amines) is 1. The zero-order chi connectivity index (χ0) is 19.9. The van der Waals surface area contributed by atoms with E-state index in [0.717, 1.165) is 0 Å². The second kappa shape index (κ2) is 6.66. The van der Waals surface area contributed by atoms with E-state index in [0.29, 0.717) is 6.42 Å². The van der Waals surface area contributed by atoms with Crippen LogP contribution in [0.5, 0.6) is 0 Å². The average molecular weight is 369 g/mol. The molecule has 0 spiro atoms. The summed E-state index contributed by atoms with van der Waals surface area (Å²) < 4.78 is 4.49. The van der Waals surface area contributed by atoms with Gasteiger partial charge in [0.05, 0.1) is 6.61 Å². The summed E-state index contributed by atoms with van der Waals surface area (Å²) in [5.74, 6) is -1.35. The lowest BCUT2D eigenvalue weighted by molar-refractivity contribution is -0.907. The third-order valence-corrected chi connectivity index (χ3v) is 5.65. The summed E-state index contributed by atoms with van der Waals surface area (Å²) in [6, 6.07) is -1.00. The van der Waals surface area contributed by atoms with Crippen LogP contribution in [0, 0.1) is 5.92 Å². The van der Waals surface area contributed by atoms with Crippen molar-refractivity contribution in [2.45, 2.75) is 63.8 Å². The molecular formula is C18H29N2O6+. The molecule has 0 radical (unpaired) electrons. The van der Waals surface area contributed by atoms with Crippen LogP contribution >= 0.6 is 0 Å². The van der Waals surface area contributed by atoms with Crippen molar-refractivity contribution >= 4 is 18.0 Å². The molecule has 2 amide bonds. The Balaban J connectivity index is 2.33. The molecule has 8 nitrogen and oxygen atoms in total. The number of hydrogen-bond acceptors (Lipinski definition) is 5. The van der Waals surface area contributed by atoms with Gasteiger partial charge in [0.2, 0.25) is 0 Å². The minimum absolute atomic E-state index is 0.0209. The summed E-state index contributed by atoms with van der Waals surface area (Å²) in [5.41, 5.74) is -2.00. The molecule has 3 N–H and O–H groups in total. The van der Waals surface area contributed by atoms with Crippen LogP contribution in [0.1, 0.15) is 40.5 Å². The summed E-state index contributed by atoms with van der Waals surface area (Å²) >= 11 is 0. The van der Waals surface area contributed by atoms with E-state index in [4.69, 9.17) is 4.74 Å². The van der Waals surface area contributed by atoms with Crippen LogP contribution < -0.4 is 5.32 Å². The number of hydrogen-bond donors (Lipinski definition) is 3. The first-order valence-corrected chi connectivity index (χ1v) is 8.87. The van der Waals surface area contributed by atoms with Gasteiger partial charge in [-0.15, -0.1) is 6.58 Å². The highest BCUT2D eigenvalue weighted by Gasteiger charge is 2.66. The molecule has 5 atom stereocenters. The predicted octanol–water partition coefficient (Wildman–Crippen LogP) is 1.04. The highest BCUT2D eigenvalue weighted by atomic mass is 16.5. The van der Waals surface area contributed by atoms with Crippen molar-refractivity contribution in [3.8, 4) is 0 Å². The van der Waals surface area contributed by atoms with Gasteiger partial charge < -0.3 is 20.3 Å². The molecule has 0 aromatic rings. The van der Waals surface area contributed by atoms with Crippen molar-refractivity contribution in [1.82, 2.24) is 5.32 Å². The third-order valence-electron chi connectivity index (χ3n) is 5.65. The van der Waals surface area contributed by atoms with Gasteiger partial charge in [-0.1, -0.05) is 6.08 Å². The fourth-order valence-electron chi connectivity index (χ4n) is 4.08. The number of quaternary nitrogens is 1. The summed E-state index contributed by atoms with van der Waals surface area (Å²) in [7, 11) is 0. The maximum atomic E-state index is 13.0. The first-order chi connectivity index (χ1) is 12.0. The molecule has 146 valence electrons. The van der Waals surface area contributed by atoms with Crippen molar-refractivity contribution in [1.29, 1.82) is 0 Å². The standard InChI is InChI=1S/C18H28N2O6/c1-6-11-9-18(11,15(23)26-7-2)19-14(22)13-8-12(21)10-20(13,16(24)25)17(3,4)5/h6,11-13,21H,1,7-10H2,2-5H3,(H-,19,22,24,25)/p+1/t11-,12+,13+,18-,20?/m1/s1. The third kappa shape index (κ3) is 3.01. The largest absolute Gasteiger partial charge is 0.514 e. The van der Waals surface area contributed by atoms with Crippen LogP contribution in [0.4, 0.5) is 4.79 Å². The van der Waals surface area contributed by atoms with Crippen molar-refractivity contribution in [2.75, 3.05) is 13.2 Å². The van der Waals surface area contributed by atoms with E-state index >= 15 is 0 Å². The number of carbonyl (C=O) groups excluding carboxylic acids is 2. The number of nitrogens with zero attached hydrogens (tertiary/aromatic N) is 1. The summed E-state index contributed by atoms with van der Waals surface area (Å²) in [5, 5.41) is 22.8. The summed E-state index contributed by atoms with van der Waals surface area (Å²) in [6.45, 7) is 10.7. The molecule has 1 saturated carbocycles. The number of ether oxygens (including phenoxy) is 1. The molecule has 2 rings (SSSR count). The van der Waals surface area contributed by atoms with Crippen molar-refractivity contribution in [3.05, 3.63) is 12.7 Å². The van der Waals surface area contributed by atoms with Gasteiger partial charge in [-0.05, 0) is 34.1 Å². The van der Waals surface area contributed by atoms with Crippen LogP contribution in [0.15, 0.2) is 12.7 Å². The second-order valence-electron chi connectivity index (χ2n) is 8.14. The van der Waals surface area contributed by atoms with E-state index in [-0.39, 0.29) is 25.5 Å². The minimum atomic E-state index is -1.19. The number of amides is 2. The van der Waals surface area contributed by atoms with Crippen LogP contribution in [-0.2, 0) is 14.3 Å². The Kier molecular flexibility index (Phi) is 5.22. The Hall–Kier alpha value is -1.93. The Morgan fingerprint density at radius 2 is 2.00 bits per heavy atom. The number of aliphatic hydroxyl groups is 1. The predicted molar refractivity (Wildman–Crippen MR) is 93.1 cm³/mol. The van der Waals surface area contributed by atoms with E-state index in [2.05, 4.69) is 11.9 Å². The SMILES string of the molecule is C=C[C@@H]1C[C@]1(NC(=O)[C@@H]1C[C@H](O)C[N+]1(C(=O)O)C(C)(C)C)C(=O)OCC. The summed E-state index contributed by atoms with van der Waals surface area (Å²) in [6.07, 6.45) is -0.0973. The molecule has 0 aromatic carbocycles. The van der Waals surface area contributed by atoms with Crippen molar-refractivity contribution in [2.24, 2.45) is 5.92 Å². The maximum absolute atomic E-state index is 13.0. The molecule has 1 aliphatic carbocycles. The van der Waals surface area contributed by atoms with Gasteiger partial charge in [-0.25, -0.2) is 9.28 Å². The Morgan fingerprint density at radius 3 is 2.42 bits per heavy atom. The Bertz CT molecular complexity index is 628. The quantitative estimate of drug-likeness (QED) is 0.379. The number of carboxylic acid groups (broad SMARTS) is 1. The molecule has 1 saturated heterocycles.